The number of anilines is 3. The van der Waals surface area contributed by atoms with Crippen molar-refractivity contribution < 1.29 is 31.1 Å². The summed E-state index contributed by atoms with van der Waals surface area (Å²) in [6, 6.07) is 2.72. The number of halogens is 6. The molecule has 2 aromatic heterocycles. The van der Waals surface area contributed by atoms with Gasteiger partial charge in [-0.25, -0.2) is 0 Å². The molecule has 2 atom stereocenters. The number of alkyl halides is 6. The number of amides is 1. The Hall–Kier alpha value is -2.32. The van der Waals surface area contributed by atoms with E-state index < -0.39 is 48.2 Å². The molecule has 1 N–H and O–H groups in total. The summed E-state index contributed by atoms with van der Waals surface area (Å²) in [5, 5.41) is 3.06. The molecule has 2 saturated heterocycles. The van der Waals surface area contributed by atoms with Gasteiger partial charge in [-0.1, -0.05) is 0 Å². The molecule has 0 aromatic carbocycles. The molecule has 7 nitrogen and oxygen atoms in total. The van der Waals surface area contributed by atoms with Gasteiger partial charge in [0.05, 0.1) is 0 Å². The quantitative estimate of drug-likeness (QED) is 0.388. The van der Waals surface area contributed by atoms with Gasteiger partial charge in [-0.05, 0) is 0 Å². The maximum absolute atomic E-state index is 13.5. The summed E-state index contributed by atoms with van der Waals surface area (Å²) in [5.41, 5.74) is 0.534. The van der Waals surface area contributed by atoms with Crippen molar-refractivity contribution in [2.24, 2.45) is 0 Å². The first-order chi connectivity index (χ1) is 17.1. The van der Waals surface area contributed by atoms with Crippen LogP contribution in [0.2, 0.25) is 14.8 Å². The minimum atomic E-state index is -4.89. The monoisotopic (exact) mass is 636 g/mol. The van der Waals surface area contributed by atoms with Gasteiger partial charge >= 0.3 is 196 Å². The van der Waals surface area contributed by atoms with E-state index in [4.69, 9.17) is 4.98 Å². The van der Waals surface area contributed by atoms with Gasteiger partial charge in [0, 0.05) is 0 Å². The Balaban J connectivity index is 1.39. The van der Waals surface area contributed by atoms with E-state index in [1.165, 1.54) is 0 Å². The third-order valence-corrected chi connectivity index (χ3v) is 12.1. The first-order valence-electron chi connectivity index (χ1n) is 12.0. The molecular weight excluding hydrogens is 609 g/mol. The number of rotatable bonds is 5. The zero-order valence-corrected chi connectivity index (χ0v) is 23.3. The number of nitrogens with one attached hydrogen (secondary N) is 1. The van der Waals surface area contributed by atoms with Crippen LogP contribution >= 0.6 is 0 Å². The zero-order valence-electron chi connectivity index (χ0n) is 20.4. The molecule has 2 bridgehead atoms. The molecule has 3 aliphatic rings. The van der Waals surface area contributed by atoms with E-state index in [1.807, 2.05) is 19.7 Å². The number of carbonyl (C=O) groups excluding carboxylic acids is 1. The Morgan fingerprint density at radius 2 is 1.73 bits per heavy atom. The van der Waals surface area contributed by atoms with Crippen LogP contribution in [0.25, 0.3) is 0 Å². The van der Waals surface area contributed by atoms with Crippen molar-refractivity contribution in [2.75, 3.05) is 23.3 Å². The number of fused-ring (bicyclic) bond motifs is 2. The van der Waals surface area contributed by atoms with Crippen LogP contribution < -0.4 is 13.9 Å². The van der Waals surface area contributed by atoms with Crippen LogP contribution in [0, 0.1) is 0 Å². The van der Waals surface area contributed by atoms with Gasteiger partial charge in [-0.15, -0.1) is 0 Å². The molecule has 200 valence electrons. The third kappa shape index (κ3) is 5.19. The number of likely N-dealkylation sites (tertiary alicyclic amines) is 1. The summed E-state index contributed by atoms with van der Waals surface area (Å²) in [7, 11) is 0. The summed E-state index contributed by atoms with van der Waals surface area (Å²) in [4.78, 5) is 33.1. The van der Waals surface area contributed by atoms with Crippen LogP contribution in [0.1, 0.15) is 36.4 Å². The fraction of sp³-hybridized carbons (Fsp3) is 0.565. The summed E-state index contributed by atoms with van der Waals surface area (Å²) in [6.45, 7) is 0.255. The predicted octanol–water partition coefficient (Wildman–Crippen LogP) is 4.41. The molecular formula is C23H26F6N6OSn. The van der Waals surface area contributed by atoms with Crippen molar-refractivity contribution in [3.8, 4) is 0 Å². The van der Waals surface area contributed by atoms with E-state index in [0.717, 1.165) is 29.6 Å². The van der Waals surface area contributed by atoms with E-state index in [2.05, 4.69) is 15.3 Å². The van der Waals surface area contributed by atoms with Crippen LogP contribution in [0.3, 0.4) is 0 Å². The molecule has 3 fully saturated rings. The second-order valence-electron chi connectivity index (χ2n) is 10.9. The van der Waals surface area contributed by atoms with Gasteiger partial charge in [-0.2, -0.15) is 13.2 Å². The Bertz CT molecular complexity index is 1230. The number of hydrogen-bond acceptors (Lipinski definition) is 6. The summed E-state index contributed by atoms with van der Waals surface area (Å²) >= 11 is -3.26. The average Bonchev–Trinajstić information content (AvgIpc) is 3.44. The van der Waals surface area contributed by atoms with Gasteiger partial charge in [0.2, 0.25) is 0 Å². The van der Waals surface area contributed by atoms with Crippen molar-refractivity contribution >= 4 is 45.4 Å². The molecule has 2 aromatic rings. The first-order valence-corrected chi connectivity index (χ1v) is 22.0. The number of carbonyl (C=O) groups is 1. The second kappa shape index (κ2) is 8.87. The van der Waals surface area contributed by atoms with E-state index in [9.17, 15) is 31.1 Å². The molecule has 1 amide bonds. The van der Waals surface area contributed by atoms with Crippen molar-refractivity contribution in [1.82, 2.24) is 19.9 Å². The van der Waals surface area contributed by atoms with E-state index in [0.29, 0.717) is 17.9 Å². The van der Waals surface area contributed by atoms with Crippen LogP contribution in [-0.2, 0) is 11.0 Å². The predicted molar refractivity (Wildman–Crippen MR) is 127 cm³/mol. The number of nitrogens with zero attached hydrogens (tertiary/aromatic N) is 5. The zero-order chi connectivity index (χ0) is 26.9. The fourth-order valence-electron chi connectivity index (χ4n) is 5.10. The number of pyridine rings is 1. The van der Waals surface area contributed by atoms with Crippen LogP contribution in [0.15, 0.2) is 18.3 Å². The summed E-state index contributed by atoms with van der Waals surface area (Å²) in [6.07, 6.45) is -6.33. The molecule has 0 radical (unpaired) electrons. The van der Waals surface area contributed by atoms with Crippen LogP contribution in [0.4, 0.5) is 43.8 Å². The van der Waals surface area contributed by atoms with Gasteiger partial charge in [0.15, 0.2) is 0 Å². The number of hydrogen-bond donors (Lipinski definition) is 1. The van der Waals surface area contributed by atoms with Gasteiger partial charge < -0.3 is 0 Å². The summed E-state index contributed by atoms with van der Waals surface area (Å²) in [5.74, 6) is -0.950. The Labute approximate surface area is 213 Å². The molecule has 2 aliphatic heterocycles. The fourth-order valence-corrected chi connectivity index (χ4v) is 9.25. The topological polar surface area (TPSA) is 74.2 Å². The van der Waals surface area contributed by atoms with E-state index in [1.54, 1.807) is 12.1 Å². The van der Waals surface area contributed by atoms with Crippen LogP contribution in [-0.4, -0.2) is 75.5 Å². The van der Waals surface area contributed by atoms with Crippen molar-refractivity contribution in [2.45, 2.75) is 64.4 Å². The van der Waals surface area contributed by atoms with Gasteiger partial charge in [0.1, 0.15) is 0 Å². The van der Waals surface area contributed by atoms with Gasteiger partial charge in [-0.3, -0.25) is 4.79 Å². The minimum absolute atomic E-state index is 0.00962. The van der Waals surface area contributed by atoms with Crippen molar-refractivity contribution in [1.29, 1.82) is 0 Å². The van der Waals surface area contributed by atoms with E-state index >= 15 is 0 Å². The molecule has 1 aliphatic carbocycles. The standard InChI is InChI=1S/C20H17F6N6O.3CH3.Sn/c21-19(22,23)11-6-27-18(28-7-11)29-14-3-4-15(30-16(14)10-1-2-10)31-8-13-5-12(31)9-32(13)17(33)20(24,25)26;;;;/h3-4,6,10,12-13H,1-2,5,8-9H2,(H,27,28,29);3*1H3;. The Morgan fingerprint density at radius 3 is 2.27 bits per heavy atom. The first kappa shape index (κ1) is 26.3. The van der Waals surface area contributed by atoms with Crippen molar-refractivity contribution in [3.05, 3.63) is 29.6 Å². The van der Waals surface area contributed by atoms with E-state index in [-0.39, 0.29) is 34.7 Å². The number of piperazine rings is 1. The average molecular weight is 635 g/mol. The Kier molecular flexibility index (Phi) is 6.30. The second-order valence-corrected chi connectivity index (χ2v) is 25.1. The molecule has 5 rings (SSSR count). The SMILES string of the molecule is [CH3][Sn]([CH3])([CH3])[c]1nc(Nc2ccc(N3CC4CC3CN4C(=O)C(F)(F)F)nc2C2CC2)ncc1C(F)(F)F. The molecule has 0 spiro atoms. The molecule has 37 heavy (non-hydrogen) atoms. The third-order valence-electron chi connectivity index (χ3n) is 6.96. The molecule has 2 unspecified atom stereocenters. The maximum atomic E-state index is 13.5. The van der Waals surface area contributed by atoms with Crippen molar-refractivity contribution in [3.63, 3.8) is 0 Å². The molecule has 14 heteroatoms. The Morgan fingerprint density at radius 1 is 1.03 bits per heavy atom. The van der Waals surface area contributed by atoms with Crippen LogP contribution in [0.5, 0.6) is 0 Å². The molecule has 4 heterocycles. The number of aromatic nitrogens is 3. The summed E-state index contributed by atoms with van der Waals surface area (Å²) < 4.78 is 79.4. The molecule has 1 saturated carbocycles. The van der Waals surface area contributed by atoms with Gasteiger partial charge in [0.25, 0.3) is 0 Å². The normalized spacial score (nSPS) is 22.1.